The molecule has 2 saturated heterocycles. The van der Waals surface area contributed by atoms with Gasteiger partial charge in [-0.05, 0) is 82.1 Å². The van der Waals surface area contributed by atoms with Crippen molar-refractivity contribution in [2.45, 2.75) is 82.3 Å². The summed E-state index contributed by atoms with van der Waals surface area (Å²) in [6.07, 6.45) is 12.7. The predicted octanol–water partition coefficient (Wildman–Crippen LogP) is 3.04. The second-order valence-corrected chi connectivity index (χ2v) is 9.71. The number of hydrogen-bond donors (Lipinski definition) is 1. The molecule has 148 valence electrons. The fraction of sp³-hybridized carbons (Fsp3) is 0.952. The molecule has 0 radical (unpaired) electrons. The average Bonchev–Trinajstić information content (AvgIpc) is 3.45. The minimum Gasteiger partial charge on any atom is -0.342 e. The normalized spacial score (nSPS) is 43.3. The molecule has 2 N–H and O–H groups in total. The zero-order chi connectivity index (χ0) is 17.0. The molecule has 5 aliphatic rings. The fourth-order valence-electron chi connectivity index (χ4n) is 6.75. The topological polar surface area (TPSA) is 49.6 Å². The van der Waals surface area contributed by atoms with Gasteiger partial charge in [0, 0.05) is 37.1 Å². The molecule has 0 aromatic heterocycles. The SMILES string of the molecule is Cl.NC1C2CCCC1CC(C(=O)N1CCC3C(CCCN3C3CC3)C1)C2. The van der Waals surface area contributed by atoms with E-state index in [4.69, 9.17) is 5.73 Å². The Bertz CT molecular complexity index is 511. The largest absolute Gasteiger partial charge is 0.342 e. The second kappa shape index (κ2) is 7.60. The molecule has 5 fully saturated rings. The van der Waals surface area contributed by atoms with Crippen molar-refractivity contribution < 1.29 is 4.79 Å². The fourth-order valence-corrected chi connectivity index (χ4v) is 6.75. The first-order valence-electron chi connectivity index (χ1n) is 11.0. The Labute approximate surface area is 164 Å². The van der Waals surface area contributed by atoms with Crippen LogP contribution in [0.4, 0.5) is 0 Å². The Morgan fingerprint density at radius 2 is 1.54 bits per heavy atom. The first kappa shape index (κ1) is 19.0. The number of amides is 1. The maximum Gasteiger partial charge on any atom is 0.225 e. The van der Waals surface area contributed by atoms with Crippen LogP contribution in [-0.4, -0.2) is 53.5 Å². The Morgan fingerprint density at radius 1 is 0.846 bits per heavy atom. The van der Waals surface area contributed by atoms with Gasteiger partial charge in [0.05, 0.1) is 0 Å². The van der Waals surface area contributed by atoms with Crippen LogP contribution in [0.2, 0.25) is 0 Å². The van der Waals surface area contributed by atoms with Crippen LogP contribution in [0.1, 0.15) is 64.2 Å². The molecule has 2 heterocycles. The second-order valence-electron chi connectivity index (χ2n) is 9.71. The Balaban J connectivity index is 0.00000168. The molecule has 26 heavy (non-hydrogen) atoms. The number of likely N-dealkylation sites (tertiary alicyclic amines) is 2. The molecule has 5 heteroatoms. The molecule has 2 bridgehead atoms. The van der Waals surface area contributed by atoms with Gasteiger partial charge in [0.1, 0.15) is 0 Å². The van der Waals surface area contributed by atoms with Gasteiger partial charge in [0.2, 0.25) is 5.91 Å². The van der Waals surface area contributed by atoms with Gasteiger partial charge in [-0.1, -0.05) is 6.42 Å². The highest BCUT2D eigenvalue weighted by molar-refractivity contribution is 5.85. The quantitative estimate of drug-likeness (QED) is 0.799. The van der Waals surface area contributed by atoms with Crippen molar-refractivity contribution >= 4 is 18.3 Å². The number of hydrogen-bond acceptors (Lipinski definition) is 3. The summed E-state index contributed by atoms with van der Waals surface area (Å²) in [5.41, 5.74) is 6.43. The molecule has 2 aliphatic heterocycles. The lowest BCUT2D eigenvalue weighted by atomic mass is 9.64. The van der Waals surface area contributed by atoms with Gasteiger partial charge in [-0.3, -0.25) is 9.69 Å². The van der Waals surface area contributed by atoms with E-state index in [1.807, 2.05) is 0 Å². The van der Waals surface area contributed by atoms with Gasteiger partial charge in [-0.15, -0.1) is 12.4 Å². The van der Waals surface area contributed by atoms with Crippen LogP contribution in [0.3, 0.4) is 0 Å². The predicted molar refractivity (Wildman–Crippen MR) is 106 cm³/mol. The number of rotatable bonds is 2. The number of carbonyl (C=O) groups excluding carboxylic acids is 1. The zero-order valence-electron chi connectivity index (χ0n) is 16.0. The molecular formula is C21H36ClN3O. The van der Waals surface area contributed by atoms with Crippen molar-refractivity contribution in [3.05, 3.63) is 0 Å². The van der Waals surface area contributed by atoms with Crippen LogP contribution in [-0.2, 0) is 4.79 Å². The molecule has 1 amide bonds. The highest BCUT2D eigenvalue weighted by atomic mass is 35.5. The van der Waals surface area contributed by atoms with Crippen molar-refractivity contribution in [1.82, 2.24) is 9.80 Å². The lowest BCUT2D eigenvalue weighted by molar-refractivity contribution is -0.142. The van der Waals surface area contributed by atoms with Crippen LogP contribution < -0.4 is 5.73 Å². The van der Waals surface area contributed by atoms with Crippen molar-refractivity contribution in [1.29, 1.82) is 0 Å². The van der Waals surface area contributed by atoms with E-state index in [0.29, 0.717) is 23.8 Å². The van der Waals surface area contributed by atoms with E-state index in [1.165, 1.54) is 57.9 Å². The highest BCUT2D eigenvalue weighted by Crippen LogP contribution is 2.43. The number of nitrogens with two attached hydrogens (primary N) is 1. The number of fused-ring (bicyclic) bond motifs is 3. The van der Waals surface area contributed by atoms with Crippen molar-refractivity contribution in [3.8, 4) is 0 Å². The van der Waals surface area contributed by atoms with E-state index in [2.05, 4.69) is 9.80 Å². The first-order chi connectivity index (χ1) is 12.2. The molecule has 0 aromatic rings. The van der Waals surface area contributed by atoms with Gasteiger partial charge >= 0.3 is 0 Å². The van der Waals surface area contributed by atoms with E-state index in [-0.39, 0.29) is 18.3 Å². The minimum absolute atomic E-state index is 0. The van der Waals surface area contributed by atoms with Crippen molar-refractivity contribution in [3.63, 3.8) is 0 Å². The average molecular weight is 382 g/mol. The molecular weight excluding hydrogens is 346 g/mol. The highest BCUT2D eigenvalue weighted by Gasteiger charge is 2.45. The monoisotopic (exact) mass is 381 g/mol. The third kappa shape index (κ3) is 3.42. The van der Waals surface area contributed by atoms with Crippen LogP contribution in [0.15, 0.2) is 0 Å². The molecule has 0 spiro atoms. The first-order valence-corrected chi connectivity index (χ1v) is 11.0. The van der Waals surface area contributed by atoms with E-state index in [0.717, 1.165) is 43.9 Å². The van der Waals surface area contributed by atoms with E-state index < -0.39 is 0 Å². The van der Waals surface area contributed by atoms with Gasteiger partial charge in [0.15, 0.2) is 0 Å². The van der Waals surface area contributed by atoms with Crippen molar-refractivity contribution in [2.75, 3.05) is 19.6 Å². The molecule has 4 unspecified atom stereocenters. The Morgan fingerprint density at radius 3 is 2.23 bits per heavy atom. The smallest absolute Gasteiger partial charge is 0.225 e. The van der Waals surface area contributed by atoms with Gasteiger partial charge in [0.25, 0.3) is 0 Å². The number of halogens is 1. The van der Waals surface area contributed by atoms with Gasteiger partial charge < -0.3 is 10.6 Å². The summed E-state index contributed by atoms with van der Waals surface area (Å²) in [5.74, 6) is 2.70. The van der Waals surface area contributed by atoms with Crippen LogP contribution >= 0.6 is 12.4 Å². The summed E-state index contributed by atoms with van der Waals surface area (Å²) in [6.45, 7) is 3.34. The number of nitrogens with zero attached hydrogens (tertiary/aromatic N) is 2. The lowest BCUT2D eigenvalue weighted by Gasteiger charge is -2.49. The maximum absolute atomic E-state index is 13.3. The minimum atomic E-state index is 0. The summed E-state index contributed by atoms with van der Waals surface area (Å²) in [7, 11) is 0. The Kier molecular flexibility index (Phi) is 5.56. The Hall–Kier alpha value is -0.320. The van der Waals surface area contributed by atoms with Crippen LogP contribution in [0.5, 0.6) is 0 Å². The third-order valence-electron chi connectivity index (χ3n) is 8.20. The van der Waals surface area contributed by atoms with Gasteiger partial charge in [-0.2, -0.15) is 0 Å². The molecule has 4 nitrogen and oxygen atoms in total. The zero-order valence-corrected chi connectivity index (χ0v) is 16.8. The molecule has 5 rings (SSSR count). The summed E-state index contributed by atoms with van der Waals surface area (Å²) < 4.78 is 0. The van der Waals surface area contributed by atoms with Crippen LogP contribution in [0.25, 0.3) is 0 Å². The molecule has 3 saturated carbocycles. The van der Waals surface area contributed by atoms with E-state index in [9.17, 15) is 4.79 Å². The lowest BCUT2D eigenvalue weighted by Crippen LogP contribution is -2.57. The number of piperidine rings is 2. The van der Waals surface area contributed by atoms with Crippen molar-refractivity contribution in [2.24, 2.45) is 29.4 Å². The summed E-state index contributed by atoms with van der Waals surface area (Å²) in [6, 6.07) is 2.02. The van der Waals surface area contributed by atoms with E-state index in [1.54, 1.807) is 0 Å². The third-order valence-corrected chi connectivity index (χ3v) is 8.20. The van der Waals surface area contributed by atoms with E-state index >= 15 is 0 Å². The molecule has 4 atom stereocenters. The van der Waals surface area contributed by atoms with Gasteiger partial charge in [-0.25, -0.2) is 0 Å². The maximum atomic E-state index is 13.3. The summed E-state index contributed by atoms with van der Waals surface area (Å²) in [4.78, 5) is 18.3. The summed E-state index contributed by atoms with van der Waals surface area (Å²) in [5, 5.41) is 0. The standard InChI is InChI=1S/C21H35N3O.ClH/c22-20-14-3-1-4-15(20)12-17(11-14)21(25)23-10-8-19-16(13-23)5-2-9-24(19)18-6-7-18;/h14-20H,1-13,22H2;1H. The molecule has 3 aliphatic carbocycles. The molecule has 0 aromatic carbocycles. The van der Waals surface area contributed by atoms with Crippen LogP contribution in [0, 0.1) is 23.7 Å². The number of carbonyl (C=O) groups is 1. The summed E-state index contributed by atoms with van der Waals surface area (Å²) >= 11 is 0.